The van der Waals surface area contributed by atoms with Gasteiger partial charge in [-0.25, -0.2) is 9.97 Å². The number of aryl methyl sites for hydroxylation is 1. The summed E-state index contributed by atoms with van der Waals surface area (Å²) in [6.45, 7) is 0.686. The predicted molar refractivity (Wildman–Crippen MR) is 102 cm³/mol. The molecule has 0 aliphatic carbocycles. The summed E-state index contributed by atoms with van der Waals surface area (Å²) in [7, 11) is 0. The number of carbonyl (C=O) groups is 1. The predicted octanol–water partition coefficient (Wildman–Crippen LogP) is 2.71. The summed E-state index contributed by atoms with van der Waals surface area (Å²) in [5, 5.41) is 4.28. The number of nitrogens with zero attached hydrogens (tertiary/aromatic N) is 3. The fourth-order valence-electron chi connectivity index (χ4n) is 2.75. The number of hydrogen-bond donors (Lipinski definition) is 1. The molecule has 0 unspecified atom stereocenters. The molecule has 0 radical (unpaired) electrons. The second-order valence-corrected chi connectivity index (χ2v) is 6.98. The van der Waals surface area contributed by atoms with Crippen LogP contribution in [0, 0.1) is 0 Å². The van der Waals surface area contributed by atoms with E-state index in [1.165, 1.54) is 10.9 Å². The van der Waals surface area contributed by atoms with Gasteiger partial charge in [0.2, 0.25) is 5.91 Å². The first-order valence-electron chi connectivity index (χ1n) is 8.26. The molecule has 26 heavy (non-hydrogen) atoms. The van der Waals surface area contributed by atoms with E-state index in [4.69, 9.17) is 0 Å². The first kappa shape index (κ1) is 16.4. The van der Waals surface area contributed by atoms with Crippen LogP contribution in [-0.4, -0.2) is 20.4 Å². The van der Waals surface area contributed by atoms with Gasteiger partial charge in [-0.05, 0) is 24.3 Å². The Morgan fingerprint density at radius 2 is 1.85 bits per heavy atom. The third-order valence-corrected chi connectivity index (χ3v) is 5.12. The van der Waals surface area contributed by atoms with Crippen LogP contribution in [0.5, 0.6) is 0 Å². The summed E-state index contributed by atoms with van der Waals surface area (Å²) in [5.74, 6) is -0.121. The lowest BCUT2D eigenvalue weighted by Gasteiger charge is -2.07. The Balaban J connectivity index is 1.38. The Morgan fingerprint density at radius 3 is 2.69 bits per heavy atom. The lowest BCUT2D eigenvalue weighted by atomic mass is 10.2. The largest absolute Gasteiger partial charge is 0.350 e. The van der Waals surface area contributed by atoms with Gasteiger partial charge in [0.1, 0.15) is 5.01 Å². The summed E-state index contributed by atoms with van der Waals surface area (Å²) in [6.07, 6.45) is 1.70. The number of aromatic nitrogens is 3. The average molecular weight is 364 g/mol. The van der Waals surface area contributed by atoms with Crippen LogP contribution >= 0.6 is 11.3 Å². The quantitative estimate of drug-likeness (QED) is 0.591. The lowest BCUT2D eigenvalue weighted by molar-refractivity contribution is -0.121. The van der Waals surface area contributed by atoms with E-state index in [2.05, 4.69) is 15.3 Å². The highest BCUT2D eigenvalue weighted by atomic mass is 32.1. The zero-order chi connectivity index (χ0) is 17.9. The van der Waals surface area contributed by atoms with Crippen molar-refractivity contribution in [1.29, 1.82) is 0 Å². The summed E-state index contributed by atoms with van der Waals surface area (Å²) in [6, 6.07) is 15.1. The highest BCUT2D eigenvalue weighted by molar-refractivity contribution is 7.18. The number of rotatable bonds is 5. The third-order valence-electron chi connectivity index (χ3n) is 4.09. The third kappa shape index (κ3) is 3.34. The van der Waals surface area contributed by atoms with Gasteiger partial charge >= 0.3 is 0 Å². The minimum Gasteiger partial charge on any atom is -0.350 e. The minimum atomic E-state index is -0.130. The number of para-hydroxylation sites is 2. The molecule has 130 valence electrons. The molecule has 2 aromatic carbocycles. The Bertz CT molecular complexity index is 1120. The van der Waals surface area contributed by atoms with Crippen molar-refractivity contribution in [3.8, 4) is 0 Å². The molecule has 7 heteroatoms. The first-order valence-corrected chi connectivity index (χ1v) is 9.08. The Labute approximate surface area is 153 Å². The molecule has 2 heterocycles. The Kier molecular flexibility index (Phi) is 4.45. The van der Waals surface area contributed by atoms with E-state index in [1.54, 1.807) is 29.5 Å². The van der Waals surface area contributed by atoms with Gasteiger partial charge in [-0.3, -0.25) is 14.2 Å². The number of hydrogen-bond acceptors (Lipinski definition) is 5. The Morgan fingerprint density at radius 1 is 1.08 bits per heavy atom. The number of carbonyl (C=O) groups excluding carboxylic acids is 1. The number of thiazole rings is 1. The smallest absolute Gasteiger partial charge is 0.261 e. The molecule has 0 aliphatic heterocycles. The standard InChI is InChI=1S/C19H16N4O2S/c24-17(20-11-18-22-15-7-3-4-8-16(15)26-18)9-10-23-12-21-14-6-2-1-5-13(14)19(23)25/h1-8,12H,9-11H2,(H,20,24). The maximum absolute atomic E-state index is 12.4. The molecule has 4 aromatic rings. The second-order valence-electron chi connectivity index (χ2n) is 5.86. The van der Waals surface area contributed by atoms with Crippen molar-refractivity contribution in [2.75, 3.05) is 0 Å². The maximum Gasteiger partial charge on any atom is 0.261 e. The van der Waals surface area contributed by atoms with Gasteiger partial charge in [0.05, 0.1) is 34.0 Å². The zero-order valence-electron chi connectivity index (χ0n) is 13.9. The number of benzene rings is 2. The van der Waals surface area contributed by atoms with Crippen LogP contribution in [-0.2, 0) is 17.9 Å². The van der Waals surface area contributed by atoms with Gasteiger partial charge in [-0.1, -0.05) is 24.3 Å². The van der Waals surface area contributed by atoms with Gasteiger partial charge in [-0.2, -0.15) is 0 Å². The molecule has 0 saturated carbocycles. The molecule has 0 aliphatic rings. The van der Waals surface area contributed by atoms with E-state index < -0.39 is 0 Å². The topological polar surface area (TPSA) is 76.9 Å². The fraction of sp³-hybridized carbons (Fsp3) is 0.158. The number of nitrogens with one attached hydrogen (secondary N) is 1. The van der Waals surface area contributed by atoms with Crippen LogP contribution < -0.4 is 10.9 Å². The normalized spacial score (nSPS) is 11.1. The summed E-state index contributed by atoms with van der Waals surface area (Å²) < 4.78 is 2.57. The molecule has 0 fully saturated rings. The highest BCUT2D eigenvalue weighted by Gasteiger charge is 2.08. The molecule has 0 atom stereocenters. The molecule has 0 bridgehead atoms. The van der Waals surface area contributed by atoms with Crippen LogP contribution in [0.15, 0.2) is 59.7 Å². The minimum absolute atomic E-state index is 0.121. The SMILES string of the molecule is O=C(CCn1cnc2ccccc2c1=O)NCc1nc2ccccc2s1. The van der Waals surface area contributed by atoms with Crippen LogP contribution in [0.2, 0.25) is 0 Å². The van der Waals surface area contributed by atoms with Crippen molar-refractivity contribution in [2.45, 2.75) is 19.5 Å². The van der Waals surface area contributed by atoms with E-state index in [9.17, 15) is 9.59 Å². The van der Waals surface area contributed by atoms with E-state index in [-0.39, 0.29) is 17.9 Å². The first-order chi connectivity index (χ1) is 12.7. The van der Waals surface area contributed by atoms with Crippen LogP contribution in [0.4, 0.5) is 0 Å². The monoisotopic (exact) mass is 364 g/mol. The second kappa shape index (κ2) is 7.05. The molecule has 1 amide bonds. The number of amides is 1. The van der Waals surface area contributed by atoms with Crippen molar-refractivity contribution >= 4 is 38.4 Å². The van der Waals surface area contributed by atoms with E-state index in [1.807, 2.05) is 30.3 Å². The number of fused-ring (bicyclic) bond motifs is 2. The molecular weight excluding hydrogens is 348 g/mol. The van der Waals surface area contributed by atoms with Crippen molar-refractivity contribution in [3.05, 3.63) is 70.2 Å². The van der Waals surface area contributed by atoms with E-state index in [0.29, 0.717) is 24.0 Å². The summed E-state index contributed by atoms with van der Waals surface area (Å²) >= 11 is 1.57. The van der Waals surface area contributed by atoms with Crippen LogP contribution in [0.25, 0.3) is 21.1 Å². The van der Waals surface area contributed by atoms with Crippen molar-refractivity contribution in [2.24, 2.45) is 0 Å². The molecule has 2 aromatic heterocycles. The molecule has 6 nitrogen and oxygen atoms in total. The van der Waals surface area contributed by atoms with Crippen molar-refractivity contribution in [1.82, 2.24) is 19.9 Å². The molecular formula is C19H16N4O2S. The Hall–Kier alpha value is -3.06. The lowest BCUT2D eigenvalue weighted by Crippen LogP contribution is -2.27. The van der Waals surface area contributed by atoms with Gasteiger partial charge in [-0.15, -0.1) is 11.3 Å². The van der Waals surface area contributed by atoms with Gasteiger partial charge in [0.15, 0.2) is 0 Å². The van der Waals surface area contributed by atoms with Gasteiger partial charge in [0, 0.05) is 13.0 Å². The molecule has 0 saturated heterocycles. The highest BCUT2D eigenvalue weighted by Crippen LogP contribution is 2.21. The van der Waals surface area contributed by atoms with Crippen molar-refractivity contribution < 1.29 is 4.79 Å². The molecule has 1 N–H and O–H groups in total. The molecule has 0 spiro atoms. The van der Waals surface area contributed by atoms with Crippen LogP contribution in [0.3, 0.4) is 0 Å². The van der Waals surface area contributed by atoms with Crippen molar-refractivity contribution in [3.63, 3.8) is 0 Å². The van der Waals surface area contributed by atoms with Gasteiger partial charge < -0.3 is 5.32 Å². The summed E-state index contributed by atoms with van der Waals surface area (Å²) in [5.41, 5.74) is 1.47. The molecule has 4 rings (SSSR count). The van der Waals surface area contributed by atoms with E-state index >= 15 is 0 Å². The van der Waals surface area contributed by atoms with E-state index in [0.717, 1.165) is 15.2 Å². The average Bonchev–Trinajstić information content (AvgIpc) is 3.09. The van der Waals surface area contributed by atoms with Gasteiger partial charge in [0.25, 0.3) is 5.56 Å². The zero-order valence-corrected chi connectivity index (χ0v) is 14.7. The maximum atomic E-state index is 12.4. The summed E-state index contributed by atoms with van der Waals surface area (Å²) in [4.78, 5) is 33.3. The van der Waals surface area contributed by atoms with Crippen LogP contribution in [0.1, 0.15) is 11.4 Å². The fourth-order valence-corrected chi connectivity index (χ4v) is 3.65.